The van der Waals surface area contributed by atoms with Crippen molar-refractivity contribution in [1.29, 1.82) is 0 Å². The van der Waals surface area contributed by atoms with Crippen LogP contribution in [0, 0.1) is 11.8 Å². The molecule has 0 spiro atoms. The number of aliphatic carboxylic acids is 1. The summed E-state index contributed by atoms with van der Waals surface area (Å²) in [4.78, 5) is 23.3. The van der Waals surface area contributed by atoms with E-state index in [1.165, 1.54) is 18.2 Å². The maximum Gasteiger partial charge on any atom is 0.313 e. The van der Waals surface area contributed by atoms with Gasteiger partial charge in [0.25, 0.3) is 15.9 Å². The second kappa shape index (κ2) is 7.82. The molecule has 7 nitrogen and oxygen atoms in total. The van der Waals surface area contributed by atoms with Crippen molar-refractivity contribution in [3.63, 3.8) is 0 Å². The summed E-state index contributed by atoms with van der Waals surface area (Å²) in [7, 11) is -4.17. The Morgan fingerprint density at radius 3 is 2.50 bits per heavy atom. The van der Waals surface area contributed by atoms with Gasteiger partial charge in [-0.1, -0.05) is 43.2 Å². The van der Waals surface area contributed by atoms with Crippen LogP contribution in [0.25, 0.3) is 0 Å². The molecule has 1 heterocycles. The van der Waals surface area contributed by atoms with Gasteiger partial charge in [-0.05, 0) is 37.5 Å². The van der Waals surface area contributed by atoms with Gasteiger partial charge in [0.1, 0.15) is 10.8 Å². The van der Waals surface area contributed by atoms with Crippen molar-refractivity contribution >= 4 is 45.1 Å². The van der Waals surface area contributed by atoms with Gasteiger partial charge >= 0.3 is 5.97 Å². The monoisotopic (exact) mass is 475 g/mol. The normalized spacial score (nSPS) is 30.3. The Kier molecular flexibility index (Phi) is 6.01. The van der Waals surface area contributed by atoms with Crippen LogP contribution in [0.3, 0.4) is 0 Å². The molecular formula is C20H23Cl2NO6S. The molecule has 1 aliphatic carbocycles. The van der Waals surface area contributed by atoms with E-state index in [1.54, 1.807) is 19.1 Å². The van der Waals surface area contributed by atoms with Crippen LogP contribution in [0.15, 0.2) is 40.8 Å². The van der Waals surface area contributed by atoms with Crippen LogP contribution in [0.1, 0.15) is 37.6 Å². The number of fused-ring (bicyclic) bond motifs is 1. The van der Waals surface area contributed by atoms with Gasteiger partial charge in [0.05, 0.1) is 17.0 Å². The quantitative estimate of drug-likeness (QED) is 0.499. The third-order valence-corrected chi connectivity index (χ3v) is 8.16. The molecule has 3 atom stereocenters. The molecule has 1 aromatic carbocycles. The molecule has 1 aliphatic heterocycles. The molecule has 30 heavy (non-hydrogen) atoms. The van der Waals surface area contributed by atoms with E-state index in [1.807, 2.05) is 13.8 Å². The first-order valence-electron chi connectivity index (χ1n) is 9.49. The maximum atomic E-state index is 13.0. The van der Waals surface area contributed by atoms with E-state index in [0.29, 0.717) is 4.31 Å². The van der Waals surface area contributed by atoms with Crippen molar-refractivity contribution < 1.29 is 27.9 Å². The first-order valence-corrected chi connectivity index (χ1v) is 11.7. The summed E-state index contributed by atoms with van der Waals surface area (Å²) < 4.78 is 32.3. The largest absolute Gasteiger partial charge is 0.481 e. The number of carboxylic acid groups (broad SMARTS) is 1. The fourth-order valence-corrected chi connectivity index (χ4v) is 6.91. The number of halogens is 2. The molecule has 10 heteroatoms. The molecule has 3 unspecified atom stereocenters. The summed E-state index contributed by atoms with van der Waals surface area (Å²) >= 11 is 13.5. The van der Waals surface area contributed by atoms with Crippen molar-refractivity contribution in [2.75, 3.05) is 13.2 Å². The number of hydrogen-bond donors (Lipinski definition) is 1. The molecule has 3 rings (SSSR count). The molecule has 0 saturated carbocycles. The lowest BCUT2D eigenvalue weighted by Crippen LogP contribution is -2.58. The van der Waals surface area contributed by atoms with Crippen LogP contribution in [-0.4, -0.2) is 52.8 Å². The van der Waals surface area contributed by atoms with Crippen LogP contribution in [0.5, 0.6) is 0 Å². The minimum atomic E-state index is -4.17. The molecule has 1 amide bonds. The van der Waals surface area contributed by atoms with Crippen LogP contribution in [0.4, 0.5) is 0 Å². The topological polar surface area (TPSA) is 101 Å². The summed E-state index contributed by atoms with van der Waals surface area (Å²) in [5.74, 6) is -3.62. The molecule has 0 radical (unpaired) electrons. The maximum absolute atomic E-state index is 13.0. The second-order valence-electron chi connectivity index (χ2n) is 7.80. The van der Waals surface area contributed by atoms with Gasteiger partial charge in [-0.3, -0.25) is 9.59 Å². The number of allylic oxidation sites excluding steroid dienone is 1. The number of benzene rings is 1. The van der Waals surface area contributed by atoms with Crippen molar-refractivity contribution in [1.82, 2.24) is 4.31 Å². The fraction of sp³-hybridized carbons (Fsp3) is 0.500. The zero-order valence-corrected chi connectivity index (χ0v) is 19.1. The minimum absolute atomic E-state index is 0.0296. The number of nitrogens with zero attached hydrogens (tertiary/aromatic N) is 1. The van der Waals surface area contributed by atoms with Gasteiger partial charge in [-0.2, -0.15) is 0 Å². The Bertz CT molecular complexity index is 1020. The van der Waals surface area contributed by atoms with Crippen molar-refractivity contribution in [3.8, 4) is 0 Å². The third-order valence-electron chi connectivity index (χ3n) is 5.46. The molecule has 0 saturated heterocycles. The number of hydrogen-bond acceptors (Lipinski definition) is 5. The van der Waals surface area contributed by atoms with Crippen molar-refractivity contribution in [2.24, 2.45) is 11.8 Å². The van der Waals surface area contributed by atoms with E-state index < -0.39 is 44.3 Å². The highest BCUT2D eigenvalue weighted by Gasteiger charge is 2.59. The summed E-state index contributed by atoms with van der Waals surface area (Å²) in [6.07, 6.45) is 1.59. The lowest BCUT2D eigenvalue weighted by Gasteiger charge is -2.46. The molecule has 0 bridgehead atoms. The highest BCUT2D eigenvalue weighted by atomic mass is 35.5. The van der Waals surface area contributed by atoms with E-state index in [0.717, 1.165) is 5.57 Å². The van der Waals surface area contributed by atoms with Crippen LogP contribution >= 0.6 is 23.2 Å². The Labute approximate surface area is 185 Å². The Morgan fingerprint density at radius 1 is 1.33 bits per heavy atom. The summed E-state index contributed by atoms with van der Waals surface area (Å²) in [6, 6.07) is 5.83. The fourth-order valence-electron chi connectivity index (χ4n) is 4.06. The second-order valence-corrected chi connectivity index (χ2v) is 11.0. The number of sulfonamides is 1. The van der Waals surface area contributed by atoms with E-state index in [4.69, 9.17) is 27.9 Å². The lowest BCUT2D eigenvalue weighted by molar-refractivity contribution is -0.150. The third kappa shape index (κ3) is 3.64. The van der Waals surface area contributed by atoms with Gasteiger partial charge in [0.15, 0.2) is 5.06 Å². The van der Waals surface area contributed by atoms with Gasteiger partial charge in [0.2, 0.25) is 0 Å². The Morgan fingerprint density at radius 2 is 1.97 bits per heavy atom. The van der Waals surface area contributed by atoms with Gasteiger partial charge < -0.3 is 9.84 Å². The van der Waals surface area contributed by atoms with Gasteiger partial charge in [-0.15, -0.1) is 11.6 Å². The van der Waals surface area contributed by atoms with E-state index in [2.05, 4.69) is 0 Å². The number of alkyl halides is 2. The zero-order chi connectivity index (χ0) is 22.5. The molecule has 1 aromatic rings. The first-order chi connectivity index (χ1) is 13.9. The van der Waals surface area contributed by atoms with Crippen LogP contribution < -0.4 is 0 Å². The number of carbonyl (C=O) groups is 2. The average molecular weight is 476 g/mol. The minimum Gasteiger partial charge on any atom is -0.481 e. The molecular weight excluding hydrogens is 453 g/mol. The van der Waals surface area contributed by atoms with E-state index in [9.17, 15) is 23.1 Å². The summed E-state index contributed by atoms with van der Waals surface area (Å²) in [5, 5.41) is 8.20. The molecule has 0 aromatic heterocycles. The number of carbonyl (C=O) groups excluding carboxylic acids is 1. The van der Waals surface area contributed by atoms with E-state index in [-0.39, 0.29) is 29.4 Å². The highest BCUT2D eigenvalue weighted by molar-refractivity contribution is 7.90. The van der Waals surface area contributed by atoms with Gasteiger partial charge in [-0.25, -0.2) is 12.7 Å². The molecule has 0 fully saturated rings. The smallest absolute Gasteiger partial charge is 0.313 e. The number of amides is 1. The van der Waals surface area contributed by atoms with E-state index >= 15 is 0 Å². The SMILES string of the molecule is CCOC1(Cl)C=C(C(C)C)CC(Cl)(CN2C(=O)c3ccccc3S2(=O)=O)C1C(=O)O. The Balaban J connectivity index is 2.10. The lowest BCUT2D eigenvalue weighted by atomic mass is 9.73. The van der Waals surface area contributed by atoms with Crippen molar-refractivity contribution in [3.05, 3.63) is 41.5 Å². The summed E-state index contributed by atoms with van der Waals surface area (Å²) in [5.41, 5.74) is 0.759. The highest BCUT2D eigenvalue weighted by Crippen LogP contribution is 2.51. The molecule has 2 aliphatic rings. The number of rotatable bonds is 6. The van der Waals surface area contributed by atoms with Gasteiger partial charge in [0, 0.05) is 6.61 Å². The van der Waals surface area contributed by atoms with Crippen LogP contribution in [-0.2, 0) is 19.6 Å². The van der Waals surface area contributed by atoms with Crippen LogP contribution in [0.2, 0.25) is 0 Å². The average Bonchev–Trinajstić information content (AvgIpc) is 2.82. The summed E-state index contributed by atoms with van der Waals surface area (Å²) in [6.45, 7) is 5.02. The number of ether oxygens (including phenoxy) is 1. The number of carboxylic acids is 1. The first kappa shape index (κ1) is 23.1. The van der Waals surface area contributed by atoms with Crippen molar-refractivity contribution in [2.45, 2.75) is 42.0 Å². The Hall–Kier alpha value is -1.61. The molecule has 164 valence electrons. The zero-order valence-electron chi connectivity index (χ0n) is 16.8. The predicted molar refractivity (Wildman–Crippen MR) is 112 cm³/mol. The predicted octanol–water partition coefficient (Wildman–Crippen LogP) is 3.47. The molecule has 1 N–H and O–H groups in total. The standard InChI is InChI=1S/C20H23Cl2NO6S/c1-4-29-20(22)10-13(12(2)3)9-19(21,16(20)18(25)26)11-23-17(24)14-7-5-6-8-15(14)30(23,27)28/h5-8,10,12,16H,4,9,11H2,1-3H3,(H,25,26).